The summed E-state index contributed by atoms with van der Waals surface area (Å²) in [5.41, 5.74) is 7.96. The summed E-state index contributed by atoms with van der Waals surface area (Å²) >= 11 is 0. The number of nitrogens with zero attached hydrogens (tertiary/aromatic N) is 1. The lowest BCUT2D eigenvalue weighted by molar-refractivity contribution is 0.729. The second-order valence-electron chi connectivity index (χ2n) is 3.64. The van der Waals surface area contributed by atoms with Gasteiger partial charge in [0.05, 0.1) is 5.69 Å². The first-order chi connectivity index (χ1) is 5.62. The highest BCUT2D eigenvalue weighted by Gasteiger charge is 2.32. The van der Waals surface area contributed by atoms with E-state index >= 15 is 0 Å². The highest BCUT2D eigenvalue weighted by atomic mass is 14.9. The van der Waals surface area contributed by atoms with Gasteiger partial charge in [0.15, 0.2) is 0 Å². The van der Waals surface area contributed by atoms with Crippen molar-refractivity contribution in [2.75, 3.05) is 0 Å². The van der Waals surface area contributed by atoms with E-state index in [1.54, 1.807) is 0 Å². The van der Waals surface area contributed by atoms with Crippen LogP contribution in [0.5, 0.6) is 0 Å². The van der Waals surface area contributed by atoms with Gasteiger partial charge in [-0.25, -0.2) is 4.99 Å². The first kappa shape index (κ1) is 7.35. The first-order valence-corrected chi connectivity index (χ1v) is 4.06. The van der Waals surface area contributed by atoms with Gasteiger partial charge in [0.2, 0.25) is 0 Å². The monoisotopic (exact) mass is 160 g/mol. The molecule has 0 fully saturated rings. The summed E-state index contributed by atoms with van der Waals surface area (Å²) in [6.45, 7) is 4.19. The van der Waals surface area contributed by atoms with E-state index in [9.17, 15) is 0 Å². The predicted molar refractivity (Wildman–Crippen MR) is 50.8 cm³/mol. The van der Waals surface area contributed by atoms with Crippen LogP contribution in [0.4, 0.5) is 5.69 Å². The molecule has 0 bridgehead atoms. The van der Waals surface area contributed by atoms with Crippen LogP contribution in [0.25, 0.3) is 0 Å². The maximum absolute atomic E-state index is 5.81. The van der Waals surface area contributed by atoms with Crippen LogP contribution in [0.3, 0.4) is 0 Å². The quantitative estimate of drug-likeness (QED) is 0.619. The number of nitrogens with two attached hydrogens (primary N) is 1. The van der Waals surface area contributed by atoms with E-state index < -0.39 is 0 Å². The van der Waals surface area contributed by atoms with Crippen molar-refractivity contribution in [3.8, 4) is 0 Å². The first-order valence-electron chi connectivity index (χ1n) is 4.06. The molecule has 62 valence electrons. The van der Waals surface area contributed by atoms with Crippen molar-refractivity contribution in [3.05, 3.63) is 29.8 Å². The second kappa shape index (κ2) is 2.09. The minimum atomic E-state index is -0.0867. The van der Waals surface area contributed by atoms with Gasteiger partial charge in [-0.3, -0.25) is 0 Å². The summed E-state index contributed by atoms with van der Waals surface area (Å²) in [4.78, 5) is 4.30. The summed E-state index contributed by atoms with van der Waals surface area (Å²) in [6.07, 6.45) is 0. The normalized spacial score (nSPS) is 18.7. The molecule has 1 aromatic carbocycles. The summed E-state index contributed by atoms with van der Waals surface area (Å²) < 4.78 is 0. The standard InChI is InChI=1S/C10H12N2/c1-10(2)7-5-3-4-6-8(7)12-9(10)11/h3-6H,1-2H3,(H2,11,12). The molecule has 2 heteroatoms. The fourth-order valence-electron chi connectivity index (χ4n) is 1.51. The Morgan fingerprint density at radius 1 is 1.25 bits per heavy atom. The molecule has 2 rings (SSSR count). The van der Waals surface area contributed by atoms with Crippen LogP contribution in [0, 0.1) is 0 Å². The van der Waals surface area contributed by atoms with Crippen LogP contribution in [-0.4, -0.2) is 5.84 Å². The fourth-order valence-corrected chi connectivity index (χ4v) is 1.51. The molecule has 0 saturated heterocycles. The highest BCUT2D eigenvalue weighted by Crippen LogP contribution is 2.37. The lowest BCUT2D eigenvalue weighted by Gasteiger charge is -2.18. The van der Waals surface area contributed by atoms with Crippen molar-refractivity contribution in [1.82, 2.24) is 0 Å². The van der Waals surface area contributed by atoms with Crippen LogP contribution in [0.1, 0.15) is 19.4 Å². The van der Waals surface area contributed by atoms with Gasteiger partial charge in [0.25, 0.3) is 0 Å². The van der Waals surface area contributed by atoms with Crippen LogP contribution >= 0.6 is 0 Å². The SMILES string of the molecule is CC1(C)C(N)=Nc2ccccc21. The zero-order valence-corrected chi connectivity index (χ0v) is 7.33. The average molecular weight is 160 g/mol. The number of amidine groups is 1. The number of fused-ring (bicyclic) bond motifs is 1. The highest BCUT2D eigenvalue weighted by molar-refractivity contribution is 5.98. The van der Waals surface area contributed by atoms with Gasteiger partial charge >= 0.3 is 0 Å². The molecule has 2 N–H and O–H groups in total. The topological polar surface area (TPSA) is 38.4 Å². The van der Waals surface area contributed by atoms with Crippen molar-refractivity contribution in [3.63, 3.8) is 0 Å². The zero-order valence-electron chi connectivity index (χ0n) is 7.33. The minimum absolute atomic E-state index is 0.0867. The Labute approximate surface area is 72.1 Å². The number of benzene rings is 1. The third-order valence-corrected chi connectivity index (χ3v) is 2.46. The molecule has 12 heavy (non-hydrogen) atoms. The molecule has 0 atom stereocenters. The van der Waals surface area contributed by atoms with E-state index in [2.05, 4.69) is 24.9 Å². The number of hydrogen-bond acceptors (Lipinski definition) is 2. The molecule has 1 aromatic rings. The van der Waals surface area contributed by atoms with Gasteiger partial charge < -0.3 is 5.73 Å². The van der Waals surface area contributed by atoms with E-state index in [0.717, 1.165) is 5.69 Å². The van der Waals surface area contributed by atoms with Crippen LogP contribution in [0.15, 0.2) is 29.3 Å². The van der Waals surface area contributed by atoms with Crippen molar-refractivity contribution in [1.29, 1.82) is 0 Å². The third kappa shape index (κ3) is 0.779. The Balaban J connectivity index is 2.66. The van der Waals surface area contributed by atoms with Crippen molar-refractivity contribution in [2.24, 2.45) is 10.7 Å². The summed E-state index contributed by atoms with van der Waals surface area (Å²) in [7, 11) is 0. The van der Waals surface area contributed by atoms with Crippen LogP contribution < -0.4 is 5.73 Å². The summed E-state index contributed by atoms with van der Waals surface area (Å²) in [5, 5.41) is 0. The molecular formula is C10H12N2. The Kier molecular flexibility index (Phi) is 1.28. The lowest BCUT2D eigenvalue weighted by Crippen LogP contribution is -2.32. The Morgan fingerprint density at radius 3 is 2.58 bits per heavy atom. The van der Waals surface area contributed by atoms with E-state index in [1.807, 2.05) is 18.2 Å². The van der Waals surface area contributed by atoms with Gasteiger partial charge in [-0.1, -0.05) is 18.2 Å². The van der Waals surface area contributed by atoms with Gasteiger partial charge in [-0.15, -0.1) is 0 Å². The largest absolute Gasteiger partial charge is 0.386 e. The van der Waals surface area contributed by atoms with E-state index in [-0.39, 0.29) is 5.41 Å². The summed E-state index contributed by atoms with van der Waals surface area (Å²) in [5.74, 6) is 0.712. The smallest absolute Gasteiger partial charge is 0.110 e. The molecule has 0 aliphatic carbocycles. The Morgan fingerprint density at radius 2 is 1.92 bits per heavy atom. The van der Waals surface area contributed by atoms with Crippen molar-refractivity contribution >= 4 is 11.5 Å². The van der Waals surface area contributed by atoms with Gasteiger partial charge in [-0.05, 0) is 25.5 Å². The summed E-state index contributed by atoms with van der Waals surface area (Å²) in [6, 6.07) is 8.08. The molecule has 0 saturated carbocycles. The molecule has 0 unspecified atom stereocenters. The number of rotatable bonds is 0. The van der Waals surface area contributed by atoms with Crippen LogP contribution in [-0.2, 0) is 5.41 Å². The number of aliphatic imine (C=N–C) groups is 1. The molecule has 2 nitrogen and oxygen atoms in total. The van der Waals surface area contributed by atoms with Gasteiger partial charge in [-0.2, -0.15) is 0 Å². The van der Waals surface area contributed by atoms with Gasteiger partial charge in [0.1, 0.15) is 5.84 Å². The average Bonchev–Trinajstić information content (AvgIpc) is 2.25. The molecular weight excluding hydrogens is 148 g/mol. The molecule has 1 aliphatic heterocycles. The molecule has 0 aromatic heterocycles. The van der Waals surface area contributed by atoms with Crippen molar-refractivity contribution < 1.29 is 0 Å². The maximum atomic E-state index is 5.81. The van der Waals surface area contributed by atoms with Crippen LogP contribution in [0.2, 0.25) is 0 Å². The Bertz CT molecular complexity index is 351. The zero-order chi connectivity index (χ0) is 8.77. The number of hydrogen-bond donors (Lipinski definition) is 1. The minimum Gasteiger partial charge on any atom is -0.386 e. The molecule has 0 spiro atoms. The molecule has 1 aliphatic rings. The molecule has 0 radical (unpaired) electrons. The van der Waals surface area contributed by atoms with E-state index in [4.69, 9.17) is 5.73 Å². The Hall–Kier alpha value is -1.31. The molecule has 1 heterocycles. The predicted octanol–water partition coefficient (Wildman–Crippen LogP) is 1.97. The van der Waals surface area contributed by atoms with Crippen molar-refractivity contribution in [2.45, 2.75) is 19.3 Å². The lowest BCUT2D eigenvalue weighted by atomic mass is 9.85. The molecule has 0 amide bonds. The van der Waals surface area contributed by atoms with E-state index in [1.165, 1.54) is 5.56 Å². The maximum Gasteiger partial charge on any atom is 0.110 e. The fraction of sp³-hybridized carbons (Fsp3) is 0.300. The van der Waals surface area contributed by atoms with E-state index in [0.29, 0.717) is 5.84 Å². The third-order valence-electron chi connectivity index (χ3n) is 2.46. The van der Waals surface area contributed by atoms with Gasteiger partial charge in [0, 0.05) is 5.41 Å². The second-order valence-corrected chi connectivity index (χ2v) is 3.64. The number of para-hydroxylation sites is 1.